The standard InChI is InChI=1S/C12H18FNOS/c1-8(6-15)7-16-12-4-3-10(13)5-11(12)9(2)14/h3-5,8-9,15H,6-7,14H2,1-2H3. The maximum absolute atomic E-state index is 13.1. The highest BCUT2D eigenvalue weighted by atomic mass is 32.2. The summed E-state index contributed by atoms with van der Waals surface area (Å²) in [4.78, 5) is 0.997. The molecule has 0 bridgehead atoms. The van der Waals surface area contributed by atoms with Gasteiger partial charge >= 0.3 is 0 Å². The van der Waals surface area contributed by atoms with Gasteiger partial charge in [-0.1, -0.05) is 6.92 Å². The van der Waals surface area contributed by atoms with E-state index in [2.05, 4.69) is 0 Å². The molecule has 2 nitrogen and oxygen atoms in total. The van der Waals surface area contributed by atoms with Crippen LogP contribution >= 0.6 is 11.8 Å². The molecule has 0 aromatic heterocycles. The lowest BCUT2D eigenvalue weighted by molar-refractivity contribution is 0.250. The minimum atomic E-state index is -0.258. The van der Waals surface area contributed by atoms with Crippen molar-refractivity contribution < 1.29 is 9.50 Å². The lowest BCUT2D eigenvalue weighted by Gasteiger charge is -2.14. The van der Waals surface area contributed by atoms with Crippen molar-refractivity contribution in [3.05, 3.63) is 29.6 Å². The number of hydrogen-bond donors (Lipinski definition) is 2. The second-order valence-electron chi connectivity index (χ2n) is 4.07. The van der Waals surface area contributed by atoms with Crippen LogP contribution in [-0.4, -0.2) is 17.5 Å². The minimum absolute atomic E-state index is 0.168. The van der Waals surface area contributed by atoms with Crippen LogP contribution in [0.1, 0.15) is 25.5 Å². The van der Waals surface area contributed by atoms with E-state index in [1.165, 1.54) is 12.1 Å². The van der Waals surface area contributed by atoms with Crippen LogP contribution in [0.4, 0.5) is 4.39 Å². The summed E-state index contributed by atoms with van der Waals surface area (Å²) >= 11 is 1.61. The maximum Gasteiger partial charge on any atom is 0.123 e. The molecule has 0 heterocycles. The van der Waals surface area contributed by atoms with Crippen molar-refractivity contribution >= 4 is 11.8 Å². The molecule has 0 amide bonds. The number of benzene rings is 1. The molecule has 0 spiro atoms. The van der Waals surface area contributed by atoms with Gasteiger partial charge in [-0.05, 0) is 36.6 Å². The van der Waals surface area contributed by atoms with Crippen molar-refractivity contribution in [1.82, 2.24) is 0 Å². The Balaban J connectivity index is 2.78. The molecule has 1 aromatic carbocycles. The Hall–Kier alpha value is -0.580. The molecule has 0 aliphatic carbocycles. The Kier molecular flexibility index (Phi) is 5.25. The van der Waals surface area contributed by atoms with Gasteiger partial charge in [-0.3, -0.25) is 0 Å². The molecule has 0 aliphatic heterocycles. The van der Waals surface area contributed by atoms with Crippen molar-refractivity contribution in [3.63, 3.8) is 0 Å². The molecule has 1 aromatic rings. The number of halogens is 1. The second kappa shape index (κ2) is 6.23. The molecule has 90 valence electrons. The summed E-state index contributed by atoms with van der Waals surface area (Å²) in [7, 11) is 0. The summed E-state index contributed by atoms with van der Waals surface area (Å²) < 4.78 is 13.1. The predicted octanol–water partition coefficient (Wildman–Crippen LogP) is 2.57. The zero-order chi connectivity index (χ0) is 12.1. The lowest BCUT2D eigenvalue weighted by atomic mass is 10.1. The van der Waals surface area contributed by atoms with Crippen molar-refractivity contribution in [3.8, 4) is 0 Å². The average molecular weight is 243 g/mol. The van der Waals surface area contributed by atoms with E-state index in [9.17, 15) is 4.39 Å². The van der Waals surface area contributed by atoms with Crippen LogP contribution in [0, 0.1) is 11.7 Å². The summed E-state index contributed by atoms with van der Waals surface area (Å²) in [6.07, 6.45) is 0. The molecule has 0 saturated carbocycles. The highest BCUT2D eigenvalue weighted by Gasteiger charge is 2.10. The molecule has 0 radical (unpaired) electrons. The SMILES string of the molecule is CC(CO)CSc1ccc(F)cc1C(C)N. The van der Waals surface area contributed by atoms with Crippen LogP contribution in [0.2, 0.25) is 0 Å². The van der Waals surface area contributed by atoms with Crippen molar-refractivity contribution in [1.29, 1.82) is 0 Å². The highest BCUT2D eigenvalue weighted by Crippen LogP contribution is 2.28. The quantitative estimate of drug-likeness (QED) is 0.781. The number of nitrogens with two attached hydrogens (primary N) is 1. The van der Waals surface area contributed by atoms with Crippen LogP contribution in [0.15, 0.2) is 23.1 Å². The van der Waals surface area contributed by atoms with E-state index in [0.717, 1.165) is 16.2 Å². The first kappa shape index (κ1) is 13.5. The van der Waals surface area contributed by atoms with E-state index in [0.29, 0.717) is 0 Å². The molecular formula is C12H18FNOS. The molecule has 0 fully saturated rings. The van der Waals surface area contributed by atoms with Gasteiger partial charge in [-0.15, -0.1) is 11.8 Å². The fourth-order valence-electron chi connectivity index (χ4n) is 1.29. The lowest BCUT2D eigenvalue weighted by Crippen LogP contribution is -2.08. The second-order valence-corrected chi connectivity index (χ2v) is 5.13. The van der Waals surface area contributed by atoms with Gasteiger partial charge in [0, 0.05) is 23.3 Å². The predicted molar refractivity (Wildman–Crippen MR) is 66.0 cm³/mol. The minimum Gasteiger partial charge on any atom is -0.396 e. The largest absolute Gasteiger partial charge is 0.396 e. The number of aliphatic hydroxyl groups is 1. The van der Waals surface area contributed by atoms with Gasteiger partial charge in [0.15, 0.2) is 0 Å². The van der Waals surface area contributed by atoms with Crippen LogP contribution < -0.4 is 5.73 Å². The molecule has 3 N–H and O–H groups in total. The first-order valence-corrected chi connectivity index (χ1v) is 6.31. The molecule has 2 unspecified atom stereocenters. The van der Waals surface area contributed by atoms with Crippen LogP contribution in [0.5, 0.6) is 0 Å². The summed E-state index contributed by atoms with van der Waals surface area (Å²) in [6.45, 7) is 3.98. The summed E-state index contributed by atoms with van der Waals surface area (Å²) in [5.41, 5.74) is 6.62. The maximum atomic E-state index is 13.1. The number of aliphatic hydroxyl groups excluding tert-OH is 1. The third-order valence-electron chi connectivity index (χ3n) is 2.30. The van der Waals surface area contributed by atoms with Gasteiger partial charge in [-0.25, -0.2) is 4.39 Å². The van der Waals surface area contributed by atoms with E-state index >= 15 is 0 Å². The van der Waals surface area contributed by atoms with Gasteiger partial charge < -0.3 is 10.8 Å². The molecule has 2 atom stereocenters. The Morgan fingerprint density at radius 2 is 2.12 bits per heavy atom. The van der Waals surface area contributed by atoms with E-state index in [-0.39, 0.29) is 24.4 Å². The fraction of sp³-hybridized carbons (Fsp3) is 0.500. The molecule has 16 heavy (non-hydrogen) atoms. The monoisotopic (exact) mass is 243 g/mol. The molecule has 0 aliphatic rings. The fourth-order valence-corrected chi connectivity index (χ4v) is 2.44. The zero-order valence-corrected chi connectivity index (χ0v) is 10.4. The van der Waals surface area contributed by atoms with E-state index in [1.54, 1.807) is 17.8 Å². The number of rotatable bonds is 5. The van der Waals surface area contributed by atoms with E-state index in [4.69, 9.17) is 10.8 Å². The normalized spacial score (nSPS) is 14.8. The van der Waals surface area contributed by atoms with E-state index < -0.39 is 0 Å². The Bertz CT molecular complexity index is 344. The first-order chi connectivity index (χ1) is 7.54. The third-order valence-corrected chi connectivity index (χ3v) is 3.72. The van der Waals surface area contributed by atoms with Crippen molar-refractivity contribution in [2.75, 3.05) is 12.4 Å². The Labute approximate surface area is 100 Å². The number of thioether (sulfide) groups is 1. The van der Waals surface area contributed by atoms with Gasteiger partial charge in [0.05, 0.1) is 0 Å². The smallest absolute Gasteiger partial charge is 0.123 e. The summed E-state index contributed by atoms with van der Waals surface area (Å²) in [6, 6.07) is 4.50. The zero-order valence-electron chi connectivity index (χ0n) is 9.61. The topological polar surface area (TPSA) is 46.2 Å². The van der Waals surface area contributed by atoms with Crippen molar-refractivity contribution in [2.24, 2.45) is 11.7 Å². The molecular weight excluding hydrogens is 225 g/mol. The summed E-state index contributed by atoms with van der Waals surface area (Å²) in [5, 5.41) is 8.94. The van der Waals surface area contributed by atoms with Gasteiger partial charge in [-0.2, -0.15) is 0 Å². The first-order valence-electron chi connectivity index (χ1n) is 5.33. The van der Waals surface area contributed by atoms with Gasteiger partial charge in [0.1, 0.15) is 5.82 Å². The van der Waals surface area contributed by atoms with Gasteiger partial charge in [0.25, 0.3) is 0 Å². The number of hydrogen-bond acceptors (Lipinski definition) is 3. The van der Waals surface area contributed by atoms with Crippen LogP contribution in [0.3, 0.4) is 0 Å². The van der Waals surface area contributed by atoms with Crippen LogP contribution in [-0.2, 0) is 0 Å². The summed E-state index contributed by atoms with van der Waals surface area (Å²) in [5.74, 6) is 0.782. The van der Waals surface area contributed by atoms with Crippen molar-refractivity contribution in [2.45, 2.75) is 24.8 Å². The van der Waals surface area contributed by atoms with Crippen LogP contribution in [0.25, 0.3) is 0 Å². The third kappa shape index (κ3) is 3.77. The Morgan fingerprint density at radius 3 is 2.69 bits per heavy atom. The van der Waals surface area contributed by atoms with E-state index in [1.807, 2.05) is 13.8 Å². The van der Waals surface area contributed by atoms with Gasteiger partial charge in [0.2, 0.25) is 0 Å². The Morgan fingerprint density at radius 1 is 1.44 bits per heavy atom. The molecule has 4 heteroatoms. The highest BCUT2D eigenvalue weighted by molar-refractivity contribution is 7.99. The molecule has 0 saturated heterocycles. The average Bonchev–Trinajstić information content (AvgIpc) is 2.26. The molecule has 1 rings (SSSR count).